The lowest BCUT2D eigenvalue weighted by atomic mass is 9.95. The molecule has 0 saturated heterocycles. The van der Waals surface area contributed by atoms with Crippen LogP contribution in [-0.4, -0.2) is 17.1 Å². The van der Waals surface area contributed by atoms with Gasteiger partial charge in [0.25, 0.3) is 5.91 Å². The minimum absolute atomic E-state index is 0.211. The fourth-order valence-corrected chi connectivity index (χ4v) is 4.40. The first-order chi connectivity index (χ1) is 16.2. The van der Waals surface area contributed by atoms with Gasteiger partial charge in [0.15, 0.2) is 0 Å². The highest BCUT2D eigenvalue weighted by Gasteiger charge is 2.16. The summed E-state index contributed by atoms with van der Waals surface area (Å²) in [5.74, 6) is 0.581. The molecule has 1 aromatic heterocycles. The van der Waals surface area contributed by atoms with Crippen molar-refractivity contribution < 1.29 is 9.53 Å². The Bertz CT molecular complexity index is 1320. The molecule has 0 atom stereocenters. The second-order valence-electron chi connectivity index (χ2n) is 8.60. The van der Waals surface area contributed by atoms with Crippen molar-refractivity contribution in [2.75, 3.05) is 0 Å². The van der Waals surface area contributed by atoms with Gasteiger partial charge in [-0.15, -0.1) is 0 Å². The summed E-state index contributed by atoms with van der Waals surface area (Å²) in [5, 5.41) is 5.29. The molecule has 1 aliphatic rings. The van der Waals surface area contributed by atoms with Crippen LogP contribution in [0.4, 0.5) is 0 Å². The summed E-state index contributed by atoms with van der Waals surface area (Å²) in [6.45, 7) is 2.60. The Morgan fingerprint density at radius 3 is 2.76 bits per heavy atom. The zero-order valence-corrected chi connectivity index (χ0v) is 18.7. The number of hydrogen-bond donors (Lipinski definition) is 2. The Kier molecular flexibility index (Phi) is 5.94. The molecule has 1 heterocycles. The number of aromatic amines is 1. The molecular weight excluding hydrogens is 410 g/mol. The van der Waals surface area contributed by atoms with Crippen LogP contribution < -0.4 is 10.2 Å². The number of fused-ring (bicyclic) bond motifs is 3. The van der Waals surface area contributed by atoms with Gasteiger partial charge in [-0.1, -0.05) is 29.8 Å². The summed E-state index contributed by atoms with van der Waals surface area (Å²) < 4.78 is 5.85. The molecule has 1 amide bonds. The van der Waals surface area contributed by atoms with Crippen molar-refractivity contribution >= 4 is 23.0 Å². The first-order valence-corrected chi connectivity index (χ1v) is 11.4. The van der Waals surface area contributed by atoms with Gasteiger partial charge in [-0.3, -0.25) is 4.79 Å². The van der Waals surface area contributed by atoms with E-state index in [4.69, 9.17) is 4.74 Å². The van der Waals surface area contributed by atoms with Crippen LogP contribution in [0.15, 0.2) is 71.8 Å². The smallest absolute Gasteiger partial charge is 0.271 e. The molecule has 2 N–H and O–H groups in total. The minimum atomic E-state index is -0.211. The Balaban J connectivity index is 1.19. The quantitative estimate of drug-likeness (QED) is 0.300. The van der Waals surface area contributed by atoms with Crippen LogP contribution in [0.3, 0.4) is 0 Å². The van der Waals surface area contributed by atoms with E-state index >= 15 is 0 Å². The second kappa shape index (κ2) is 9.33. The predicted molar refractivity (Wildman–Crippen MR) is 132 cm³/mol. The number of aryl methyl sites for hydroxylation is 3. The van der Waals surface area contributed by atoms with Crippen LogP contribution in [0, 0.1) is 6.92 Å². The Morgan fingerprint density at radius 1 is 1.06 bits per heavy atom. The third-order valence-corrected chi connectivity index (χ3v) is 6.11. The highest BCUT2D eigenvalue weighted by atomic mass is 16.5. The largest absolute Gasteiger partial charge is 0.489 e. The van der Waals surface area contributed by atoms with Crippen molar-refractivity contribution in [1.29, 1.82) is 0 Å². The van der Waals surface area contributed by atoms with Crippen molar-refractivity contribution in [2.45, 2.75) is 39.2 Å². The zero-order valence-electron chi connectivity index (χ0n) is 18.7. The van der Waals surface area contributed by atoms with E-state index in [1.807, 2.05) is 48.5 Å². The van der Waals surface area contributed by atoms with Gasteiger partial charge in [0, 0.05) is 22.2 Å². The first-order valence-electron chi connectivity index (χ1n) is 11.4. The molecule has 5 heteroatoms. The number of nitrogens with zero attached hydrogens (tertiary/aromatic N) is 1. The summed E-state index contributed by atoms with van der Waals surface area (Å²) in [4.78, 5) is 16.1. The SMILES string of the molecule is Cc1cccc(COc2ccc(/C=N/NC(=O)c3ccc4[nH]c5c(c4c3)CCCC5)cc2)c1. The van der Waals surface area contributed by atoms with E-state index in [0.717, 1.165) is 40.6 Å². The number of hydrogen-bond acceptors (Lipinski definition) is 3. The number of aromatic nitrogens is 1. The number of hydrazone groups is 1. The van der Waals surface area contributed by atoms with E-state index in [1.165, 1.54) is 29.7 Å². The number of carbonyl (C=O) groups excluding carboxylic acids is 1. The van der Waals surface area contributed by atoms with Crippen LogP contribution in [-0.2, 0) is 19.4 Å². The number of carbonyl (C=O) groups is 1. The minimum Gasteiger partial charge on any atom is -0.489 e. The predicted octanol–water partition coefficient (Wildman–Crippen LogP) is 5.70. The van der Waals surface area contributed by atoms with Gasteiger partial charge in [0.2, 0.25) is 0 Å². The van der Waals surface area contributed by atoms with Gasteiger partial charge < -0.3 is 9.72 Å². The number of benzene rings is 3. The summed E-state index contributed by atoms with van der Waals surface area (Å²) in [6, 6.07) is 21.7. The second-order valence-corrected chi connectivity index (χ2v) is 8.60. The van der Waals surface area contributed by atoms with Crippen molar-refractivity contribution in [3.8, 4) is 5.75 Å². The molecule has 33 heavy (non-hydrogen) atoms. The molecule has 0 bridgehead atoms. The molecule has 1 aliphatic carbocycles. The highest BCUT2D eigenvalue weighted by molar-refractivity contribution is 5.99. The third kappa shape index (κ3) is 4.82. The molecule has 166 valence electrons. The third-order valence-electron chi connectivity index (χ3n) is 6.11. The van der Waals surface area contributed by atoms with Gasteiger partial charge in [0.1, 0.15) is 12.4 Å². The van der Waals surface area contributed by atoms with Crippen LogP contribution in [0.2, 0.25) is 0 Å². The van der Waals surface area contributed by atoms with Crippen molar-refractivity contribution in [3.05, 3.63) is 100 Å². The van der Waals surface area contributed by atoms with Crippen molar-refractivity contribution in [1.82, 2.24) is 10.4 Å². The van der Waals surface area contributed by atoms with Gasteiger partial charge >= 0.3 is 0 Å². The fourth-order valence-electron chi connectivity index (χ4n) is 4.40. The molecule has 5 nitrogen and oxygen atoms in total. The molecule has 0 unspecified atom stereocenters. The molecule has 4 aromatic rings. The monoisotopic (exact) mass is 437 g/mol. The summed E-state index contributed by atoms with van der Waals surface area (Å²) in [6.07, 6.45) is 6.23. The Hall–Kier alpha value is -3.86. The number of rotatable bonds is 6. The molecule has 0 fully saturated rings. The number of ether oxygens (including phenoxy) is 1. The standard InChI is InChI=1S/C28H27N3O2/c1-19-5-4-6-21(15-19)18-33-23-12-9-20(10-13-23)17-29-31-28(32)22-11-14-27-25(16-22)24-7-2-3-8-26(24)30-27/h4-6,9-17,30H,2-3,7-8,18H2,1H3,(H,31,32)/b29-17+. The fraction of sp³-hybridized carbons (Fsp3) is 0.214. The summed E-state index contributed by atoms with van der Waals surface area (Å²) in [5.41, 5.74) is 10.3. The molecule has 5 rings (SSSR count). The molecule has 0 spiro atoms. The van der Waals surface area contributed by atoms with Crippen molar-refractivity contribution in [2.24, 2.45) is 5.10 Å². The average Bonchev–Trinajstić information content (AvgIpc) is 3.21. The van der Waals surface area contributed by atoms with Gasteiger partial charge in [-0.05, 0) is 91.8 Å². The summed E-state index contributed by atoms with van der Waals surface area (Å²) >= 11 is 0. The zero-order chi connectivity index (χ0) is 22.6. The normalized spacial score (nSPS) is 13.2. The molecule has 0 radical (unpaired) electrons. The van der Waals surface area contributed by atoms with Gasteiger partial charge in [-0.25, -0.2) is 5.43 Å². The van der Waals surface area contributed by atoms with E-state index in [2.05, 4.69) is 40.6 Å². The first kappa shape index (κ1) is 21.0. The highest BCUT2D eigenvalue weighted by Crippen LogP contribution is 2.29. The number of amides is 1. The number of nitrogens with one attached hydrogen (secondary N) is 2. The molecule has 0 saturated carbocycles. The van der Waals surface area contributed by atoms with E-state index in [9.17, 15) is 4.79 Å². The maximum absolute atomic E-state index is 12.6. The number of H-pyrrole nitrogens is 1. The van der Waals surface area contributed by atoms with E-state index in [-0.39, 0.29) is 5.91 Å². The Morgan fingerprint density at radius 2 is 1.91 bits per heavy atom. The lowest BCUT2D eigenvalue weighted by Crippen LogP contribution is -2.17. The summed E-state index contributed by atoms with van der Waals surface area (Å²) in [7, 11) is 0. The van der Waals surface area contributed by atoms with Crippen molar-refractivity contribution in [3.63, 3.8) is 0 Å². The van der Waals surface area contributed by atoms with Crippen LogP contribution in [0.25, 0.3) is 10.9 Å². The molecular formula is C28H27N3O2. The van der Waals surface area contributed by atoms with Crippen LogP contribution in [0.5, 0.6) is 5.75 Å². The van der Waals surface area contributed by atoms with Gasteiger partial charge in [-0.2, -0.15) is 5.10 Å². The van der Waals surface area contributed by atoms with Crippen LogP contribution >= 0.6 is 0 Å². The lowest BCUT2D eigenvalue weighted by molar-refractivity contribution is 0.0955. The lowest BCUT2D eigenvalue weighted by Gasteiger charge is -2.10. The van der Waals surface area contributed by atoms with Crippen LogP contribution in [0.1, 0.15) is 51.1 Å². The molecule has 3 aromatic carbocycles. The average molecular weight is 438 g/mol. The van der Waals surface area contributed by atoms with E-state index in [0.29, 0.717) is 12.2 Å². The van der Waals surface area contributed by atoms with Gasteiger partial charge in [0.05, 0.1) is 6.21 Å². The molecule has 0 aliphatic heterocycles. The van der Waals surface area contributed by atoms with E-state index < -0.39 is 0 Å². The maximum atomic E-state index is 12.6. The van der Waals surface area contributed by atoms with E-state index in [1.54, 1.807) is 6.21 Å². The Labute approximate surface area is 193 Å². The topological polar surface area (TPSA) is 66.5 Å². The maximum Gasteiger partial charge on any atom is 0.271 e.